The first kappa shape index (κ1) is 12.7. The average Bonchev–Trinajstić information content (AvgIpc) is 2.30. The summed E-state index contributed by atoms with van der Waals surface area (Å²) in [5, 5.41) is 0. The fraction of sp³-hybridized carbons (Fsp3) is 0.417. The molecule has 0 aliphatic heterocycles. The van der Waals surface area contributed by atoms with Gasteiger partial charge in [-0.05, 0) is 26.0 Å². The van der Waals surface area contributed by atoms with Crippen molar-refractivity contribution in [2.24, 2.45) is 0 Å². The van der Waals surface area contributed by atoms with Crippen LogP contribution in [0, 0.1) is 0 Å². The minimum atomic E-state index is -0.949. The highest BCUT2D eigenvalue weighted by Crippen LogP contribution is 2.10. The second-order valence-corrected chi connectivity index (χ2v) is 2.98. The summed E-state index contributed by atoms with van der Waals surface area (Å²) in [4.78, 5) is 11.6. The normalized spacial score (nSPS) is 10.4. The van der Waals surface area contributed by atoms with Gasteiger partial charge >= 0.3 is 5.97 Å². The first-order valence-electron chi connectivity index (χ1n) is 5.27. The lowest BCUT2D eigenvalue weighted by Gasteiger charge is -2.15. The number of esters is 1. The topological polar surface area (TPSA) is 44.8 Å². The molecule has 0 atom stereocenters. The molecule has 0 bridgehead atoms. The van der Waals surface area contributed by atoms with E-state index in [9.17, 15) is 4.79 Å². The molecule has 1 aromatic rings. The predicted molar refractivity (Wildman–Crippen MR) is 59.1 cm³/mol. The zero-order valence-corrected chi connectivity index (χ0v) is 9.51. The van der Waals surface area contributed by atoms with Crippen molar-refractivity contribution in [3.8, 4) is 5.75 Å². The summed E-state index contributed by atoms with van der Waals surface area (Å²) in [5.74, 6) is -0.0493. The summed E-state index contributed by atoms with van der Waals surface area (Å²) in [6, 6.07) is 8.83. The lowest BCUT2D eigenvalue weighted by Crippen LogP contribution is -2.31. The number of benzene rings is 1. The highest BCUT2D eigenvalue weighted by molar-refractivity contribution is 5.75. The van der Waals surface area contributed by atoms with Crippen molar-refractivity contribution in [3.63, 3.8) is 0 Å². The summed E-state index contributed by atoms with van der Waals surface area (Å²) in [7, 11) is 0. The van der Waals surface area contributed by atoms with E-state index in [1.54, 1.807) is 38.1 Å². The first-order valence-corrected chi connectivity index (χ1v) is 5.27. The van der Waals surface area contributed by atoms with Crippen molar-refractivity contribution >= 4 is 5.97 Å². The van der Waals surface area contributed by atoms with Crippen molar-refractivity contribution in [1.29, 1.82) is 0 Å². The molecular formula is C12H16O4. The molecule has 0 radical (unpaired) electrons. The predicted octanol–water partition coefficient (Wildman–Crippen LogP) is 1.99. The lowest BCUT2D eigenvalue weighted by molar-refractivity contribution is -0.184. The molecule has 0 heterocycles. The van der Waals surface area contributed by atoms with Crippen LogP contribution in [-0.2, 0) is 14.3 Å². The molecule has 1 rings (SSSR count). The summed E-state index contributed by atoms with van der Waals surface area (Å²) in [6.45, 7) is 4.38. The van der Waals surface area contributed by atoms with E-state index in [1.807, 2.05) is 6.07 Å². The Morgan fingerprint density at radius 2 is 1.69 bits per heavy atom. The van der Waals surface area contributed by atoms with Gasteiger partial charge in [0.15, 0.2) is 0 Å². The highest BCUT2D eigenvalue weighted by atomic mass is 16.7. The van der Waals surface area contributed by atoms with Crippen LogP contribution in [0.1, 0.15) is 13.8 Å². The molecule has 0 amide bonds. The third-order valence-electron chi connectivity index (χ3n) is 1.79. The van der Waals surface area contributed by atoms with Gasteiger partial charge in [-0.15, -0.1) is 0 Å². The van der Waals surface area contributed by atoms with Crippen LogP contribution < -0.4 is 4.74 Å². The molecule has 16 heavy (non-hydrogen) atoms. The van der Waals surface area contributed by atoms with E-state index in [4.69, 9.17) is 14.2 Å². The fourth-order valence-electron chi connectivity index (χ4n) is 1.14. The van der Waals surface area contributed by atoms with E-state index >= 15 is 0 Å². The van der Waals surface area contributed by atoms with Crippen molar-refractivity contribution in [1.82, 2.24) is 0 Å². The standard InChI is InChI=1S/C12H16O4/c1-3-14-12(15-4-2)11(13)16-10-8-6-5-7-9-10/h5-9,12H,3-4H2,1-2H3. The van der Waals surface area contributed by atoms with Gasteiger partial charge in [0.25, 0.3) is 6.29 Å². The van der Waals surface area contributed by atoms with Gasteiger partial charge in [-0.1, -0.05) is 18.2 Å². The molecule has 0 aliphatic carbocycles. The molecule has 0 unspecified atom stereocenters. The molecule has 0 fully saturated rings. The Kier molecular flexibility index (Phi) is 5.53. The molecule has 1 aromatic carbocycles. The number of rotatable bonds is 6. The van der Waals surface area contributed by atoms with Crippen LogP contribution in [0.25, 0.3) is 0 Å². The summed E-state index contributed by atoms with van der Waals surface area (Å²) in [6.07, 6.45) is -0.949. The van der Waals surface area contributed by atoms with E-state index in [2.05, 4.69) is 0 Å². The Balaban J connectivity index is 2.55. The smallest absolute Gasteiger partial charge is 0.368 e. The van der Waals surface area contributed by atoms with E-state index in [0.29, 0.717) is 19.0 Å². The molecule has 88 valence electrons. The Morgan fingerprint density at radius 1 is 1.12 bits per heavy atom. The van der Waals surface area contributed by atoms with Crippen LogP contribution in [0.3, 0.4) is 0 Å². The molecule has 0 aliphatic rings. The minimum Gasteiger partial charge on any atom is -0.423 e. The lowest BCUT2D eigenvalue weighted by atomic mass is 10.3. The van der Waals surface area contributed by atoms with Crippen LogP contribution in [0.4, 0.5) is 0 Å². The van der Waals surface area contributed by atoms with E-state index < -0.39 is 12.3 Å². The molecule has 0 aromatic heterocycles. The minimum absolute atomic E-state index is 0.397. The molecular weight excluding hydrogens is 208 g/mol. The maximum absolute atomic E-state index is 11.6. The third-order valence-corrected chi connectivity index (χ3v) is 1.79. The summed E-state index contributed by atoms with van der Waals surface area (Å²) >= 11 is 0. The highest BCUT2D eigenvalue weighted by Gasteiger charge is 2.20. The van der Waals surface area contributed by atoms with Crippen molar-refractivity contribution < 1.29 is 19.0 Å². The van der Waals surface area contributed by atoms with Crippen LogP contribution in [0.5, 0.6) is 5.75 Å². The van der Waals surface area contributed by atoms with Gasteiger partial charge in [0, 0.05) is 13.2 Å². The third kappa shape index (κ3) is 4.00. The SMILES string of the molecule is CCOC(OCC)C(=O)Oc1ccccc1. The second-order valence-electron chi connectivity index (χ2n) is 2.98. The van der Waals surface area contributed by atoms with Gasteiger partial charge in [0.1, 0.15) is 5.75 Å². The summed E-state index contributed by atoms with van der Waals surface area (Å²) in [5.41, 5.74) is 0. The van der Waals surface area contributed by atoms with Gasteiger partial charge in [-0.25, -0.2) is 4.79 Å². The second kappa shape index (κ2) is 6.98. The molecule has 0 N–H and O–H groups in total. The Hall–Kier alpha value is -1.39. The van der Waals surface area contributed by atoms with E-state index in [-0.39, 0.29) is 0 Å². The zero-order chi connectivity index (χ0) is 11.8. The largest absolute Gasteiger partial charge is 0.423 e. The summed E-state index contributed by atoms with van der Waals surface area (Å²) < 4.78 is 15.3. The molecule has 4 heteroatoms. The van der Waals surface area contributed by atoms with Crippen molar-refractivity contribution in [2.75, 3.05) is 13.2 Å². The Labute approximate surface area is 95.1 Å². The van der Waals surface area contributed by atoms with Crippen LogP contribution >= 0.6 is 0 Å². The zero-order valence-electron chi connectivity index (χ0n) is 9.51. The first-order chi connectivity index (χ1) is 7.77. The number of para-hydroxylation sites is 1. The molecule has 0 spiro atoms. The van der Waals surface area contributed by atoms with Crippen LogP contribution in [0.15, 0.2) is 30.3 Å². The van der Waals surface area contributed by atoms with Gasteiger partial charge in [0.2, 0.25) is 0 Å². The maximum Gasteiger partial charge on any atom is 0.368 e. The molecule has 0 saturated carbocycles. The Morgan fingerprint density at radius 3 is 2.19 bits per heavy atom. The van der Waals surface area contributed by atoms with Gasteiger partial charge in [0.05, 0.1) is 0 Å². The maximum atomic E-state index is 11.6. The van der Waals surface area contributed by atoms with Crippen molar-refractivity contribution in [3.05, 3.63) is 30.3 Å². The average molecular weight is 224 g/mol. The van der Waals surface area contributed by atoms with Crippen molar-refractivity contribution in [2.45, 2.75) is 20.1 Å². The van der Waals surface area contributed by atoms with Crippen LogP contribution in [-0.4, -0.2) is 25.5 Å². The van der Waals surface area contributed by atoms with E-state index in [1.165, 1.54) is 0 Å². The van der Waals surface area contributed by atoms with Gasteiger partial charge in [-0.2, -0.15) is 0 Å². The van der Waals surface area contributed by atoms with E-state index in [0.717, 1.165) is 0 Å². The number of carbonyl (C=O) groups is 1. The van der Waals surface area contributed by atoms with Crippen LogP contribution in [0.2, 0.25) is 0 Å². The number of ether oxygens (including phenoxy) is 3. The number of carbonyl (C=O) groups excluding carboxylic acids is 1. The molecule has 4 nitrogen and oxygen atoms in total. The number of hydrogen-bond acceptors (Lipinski definition) is 4. The van der Waals surface area contributed by atoms with Gasteiger partial charge in [-0.3, -0.25) is 0 Å². The fourth-order valence-corrected chi connectivity index (χ4v) is 1.14. The molecule has 0 saturated heterocycles. The monoisotopic (exact) mass is 224 g/mol. The van der Waals surface area contributed by atoms with Gasteiger partial charge < -0.3 is 14.2 Å². The number of hydrogen-bond donors (Lipinski definition) is 0. The Bertz CT molecular complexity index is 304. The quantitative estimate of drug-likeness (QED) is 0.421.